The average Bonchev–Trinajstić information content (AvgIpc) is 2.65. The van der Waals surface area contributed by atoms with E-state index >= 15 is 0 Å². The summed E-state index contributed by atoms with van der Waals surface area (Å²) in [5.74, 6) is 0.564. The molecule has 7 heteroatoms. The predicted molar refractivity (Wildman–Crippen MR) is 115 cm³/mol. The molecule has 156 valence electrons. The zero-order valence-corrected chi connectivity index (χ0v) is 18.2. The molecular formula is C22H28N2O4S. The minimum atomic E-state index is -3.67. The Bertz CT molecular complexity index is 992. The highest BCUT2D eigenvalue weighted by atomic mass is 32.2. The number of rotatable bonds is 5. The van der Waals surface area contributed by atoms with Gasteiger partial charge >= 0.3 is 0 Å². The van der Waals surface area contributed by atoms with Gasteiger partial charge < -0.3 is 10.1 Å². The molecular weight excluding hydrogens is 388 g/mol. The van der Waals surface area contributed by atoms with Gasteiger partial charge in [-0.1, -0.05) is 20.8 Å². The number of ether oxygens (including phenoxy) is 1. The molecule has 1 aliphatic heterocycles. The number of methoxy groups -OCH3 is 1. The van der Waals surface area contributed by atoms with E-state index in [1.807, 2.05) is 26.8 Å². The highest BCUT2D eigenvalue weighted by Crippen LogP contribution is 2.34. The molecule has 0 aromatic heterocycles. The topological polar surface area (TPSA) is 75.7 Å². The van der Waals surface area contributed by atoms with E-state index < -0.39 is 10.0 Å². The molecule has 0 bridgehead atoms. The highest BCUT2D eigenvalue weighted by Gasteiger charge is 2.29. The van der Waals surface area contributed by atoms with Crippen molar-refractivity contribution in [2.45, 2.75) is 44.9 Å². The number of nitrogens with one attached hydrogen (secondary N) is 1. The van der Waals surface area contributed by atoms with Crippen LogP contribution in [0.15, 0.2) is 47.4 Å². The summed E-state index contributed by atoms with van der Waals surface area (Å²) in [4.78, 5) is 12.5. The van der Waals surface area contributed by atoms with Crippen LogP contribution in [0.4, 0.5) is 11.4 Å². The van der Waals surface area contributed by atoms with Gasteiger partial charge in [0.2, 0.25) is 5.91 Å². The minimum Gasteiger partial charge on any atom is -0.497 e. The number of nitrogens with zero attached hydrogens (tertiary/aromatic N) is 1. The number of carbonyl (C=O) groups excluding carboxylic acids is 1. The first-order valence-electron chi connectivity index (χ1n) is 9.70. The molecule has 0 aliphatic carbocycles. The van der Waals surface area contributed by atoms with Gasteiger partial charge in [-0.25, -0.2) is 8.42 Å². The van der Waals surface area contributed by atoms with Gasteiger partial charge in [0.25, 0.3) is 10.0 Å². The van der Waals surface area contributed by atoms with Crippen molar-refractivity contribution in [2.24, 2.45) is 5.41 Å². The minimum absolute atomic E-state index is 0.0454. The van der Waals surface area contributed by atoms with E-state index in [1.54, 1.807) is 43.5 Å². The van der Waals surface area contributed by atoms with Gasteiger partial charge in [0.15, 0.2) is 0 Å². The number of hydrogen-bond donors (Lipinski definition) is 1. The molecule has 0 fully saturated rings. The fourth-order valence-electron chi connectivity index (χ4n) is 3.45. The van der Waals surface area contributed by atoms with Crippen molar-refractivity contribution < 1.29 is 17.9 Å². The second-order valence-corrected chi connectivity index (χ2v) is 10.3. The summed E-state index contributed by atoms with van der Waals surface area (Å²) in [6.45, 7) is 6.47. The molecule has 0 spiro atoms. The normalized spacial score (nSPS) is 14.3. The lowest BCUT2D eigenvalue weighted by molar-refractivity contribution is -0.117. The second-order valence-electron chi connectivity index (χ2n) is 8.49. The maximum atomic E-state index is 13.2. The summed E-state index contributed by atoms with van der Waals surface area (Å²) in [5.41, 5.74) is 2.19. The molecule has 0 saturated carbocycles. The van der Waals surface area contributed by atoms with E-state index in [9.17, 15) is 13.2 Å². The molecule has 0 radical (unpaired) electrons. The highest BCUT2D eigenvalue weighted by molar-refractivity contribution is 7.92. The van der Waals surface area contributed by atoms with Gasteiger partial charge in [-0.2, -0.15) is 0 Å². The molecule has 2 aromatic carbocycles. The Morgan fingerprint density at radius 3 is 2.45 bits per heavy atom. The maximum absolute atomic E-state index is 13.2. The fourth-order valence-corrected chi connectivity index (χ4v) is 4.99. The fraction of sp³-hybridized carbons (Fsp3) is 0.409. The van der Waals surface area contributed by atoms with Crippen molar-refractivity contribution >= 4 is 27.3 Å². The van der Waals surface area contributed by atoms with E-state index in [2.05, 4.69) is 5.32 Å². The Hall–Kier alpha value is -2.54. The van der Waals surface area contributed by atoms with Gasteiger partial charge in [0, 0.05) is 18.7 Å². The number of fused-ring (bicyclic) bond motifs is 1. The van der Waals surface area contributed by atoms with Crippen molar-refractivity contribution in [3.63, 3.8) is 0 Å². The number of anilines is 2. The molecule has 0 saturated heterocycles. The molecule has 1 aliphatic rings. The summed E-state index contributed by atoms with van der Waals surface area (Å²) in [5, 5.41) is 2.93. The molecule has 0 unspecified atom stereocenters. The van der Waals surface area contributed by atoms with Crippen molar-refractivity contribution in [2.75, 3.05) is 23.3 Å². The van der Waals surface area contributed by atoms with Crippen molar-refractivity contribution in [3.05, 3.63) is 48.0 Å². The quantitative estimate of drug-likeness (QED) is 0.792. The molecule has 1 heterocycles. The standard InChI is InChI=1S/C22H28N2O4S/c1-22(2,3)15-21(25)23-17-7-12-20-16(14-17)6-5-13-24(20)29(26,27)19-10-8-18(28-4)9-11-19/h7-12,14H,5-6,13,15H2,1-4H3,(H,23,25). The van der Waals surface area contributed by atoms with Gasteiger partial charge in [-0.3, -0.25) is 9.10 Å². The van der Waals surface area contributed by atoms with Crippen LogP contribution < -0.4 is 14.4 Å². The van der Waals surface area contributed by atoms with E-state index in [1.165, 1.54) is 4.31 Å². The van der Waals surface area contributed by atoms with Crippen LogP contribution in [0.5, 0.6) is 5.75 Å². The van der Waals surface area contributed by atoms with Crippen LogP contribution in [-0.2, 0) is 21.2 Å². The van der Waals surface area contributed by atoms with Crippen LogP contribution >= 0.6 is 0 Å². The van der Waals surface area contributed by atoms with Crippen molar-refractivity contribution in [1.82, 2.24) is 0 Å². The first-order chi connectivity index (χ1) is 13.6. The Balaban J connectivity index is 1.86. The van der Waals surface area contributed by atoms with Crippen LogP contribution in [0.1, 0.15) is 39.2 Å². The van der Waals surface area contributed by atoms with Crippen LogP contribution in [0.2, 0.25) is 0 Å². The summed E-state index contributed by atoms with van der Waals surface area (Å²) >= 11 is 0. The first kappa shape index (κ1) is 21.2. The smallest absolute Gasteiger partial charge is 0.264 e. The SMILES string of the molecule is COc1ccc(S(=O)(=O)N2CCCc3cc(NC(=O)CC(C)(C)C)ccc32)cc1. The molecule has 1 amide bonds. The van der Waals surface area contributed by atoms with Crippen LogP contribution in [0.25, 0.3) is 0 Å². The summed E-state index contributed by atoms with van der Waals surface area (Å²) in [6.07, 6.45) is 1.91. The maximum Gasteiger partial charge on any atom is 0.264 e. The molecule has 2 aromatic rings. The van der Waals surface area contributed by atoms with E-state index in [-0.39, 0.29) is 16.2 Å². The first-order valence-corrected chi connectivity index (χ1v) is 11.1. The van der Waals surface area contributed by atoms with Gasteiger partial charge in [0.1, 0.15) is 5.75 Å². The van der Waals surface area contributed by atoms with Crippen molar-refractivity contribution in [1.29, 1.82) is 0 Å². The summed E-state index contributed by atoms with van der Waals surface area (Å²) in [7, 11) is -2.13. The Labute approximate surface area is 172 Å². The largest absolute Gasteiger partial charge is 0.497 e. The lowest BCUT2D eigenvalue weighted by Crippen LogP contribution is -2.35. The molecule has 1 N–H and O–H groups in total. The molecule has 29 heavy (non-hydrogen) atoms. The number of aryl methyl sites for hydroxylation is 1. The molecule has 3 rings (SSSR count). The van der Waals surface area contributed by atoms with Crippen LogP contribution in [0, 0.1) is 5.41 Å². The third-order valence-corrected chi connectivity index (χ3v) is 6.61. The lowest BCUT2D eigenvalue weighted by atomic mass is 9.92. The van der Waals surface area contributed by atoms with Gasteiger partial charge in [-0.15, -0.1) is 0 Å². The van der Waals surface area contributed by atoms with Crippen molar-refractivity contribution in [3.8, 4) is 5.75 Å². The summed E-state index contributed by atoms with van der Waals surface area (Å²) in [6, 6.07) is 11.8. The molecule has 0 atom stereocenters. The van der Waals surface area contributed by atoms with Gasteiger partial charge in [0.05, 0.1) is 17.7 Å². The Morgan fingerprint density at radius 1 is 1.14 bits per heavy atom. The van der Waals surface area contributed by atoms with Gasteiger partial charge in [-0.05, 0) is 66.3 Å². The van der Waals surface area contributed by atoms with E-state index in [0.717, 1.165) is 18.4 Å². The Kier molecular flexibility index (Phi) is 5.89. The zero-order valence-electron chi connectivity index (χ0n) is 17.4. The third-order valence-electron chi connectivity index (χ3n) is 4.78. The van der Waals surface area contributed by atoms with E-state index in [4.69, 9.17) is 4.74 Å². The number of carbonyl (C=O) groups is 1. The predicted octanol–water partition coefficient (Wildman–Crippen LogP) is 4.21. The number of amides is 1. The molecule has 6 nitrogen and oxygen atoms in total. The zero-order chi connectivity index (χ0) is 21.2. The monoisotopic (exact) mass is 416 g/mol. The summed E-state index contributed by atoms with van der Waals surface area (Å²) < 4.78 is 32.9. The number of benzene rings is 2. The van der Waals surface area contributed by atoms with Crippen LogP contribution in [-0.4, -0.2) is 28.0 Å². The number of hydrogen-bond acceptors (Lipinski definition) is 4. The van der Waals surface area contributed by atoms with E-state index in [0.29, 0.717) is 30.1 Å². The Morgan fingerprint density at radius 2 is 1.83 bits per heavy atom. The second kappa shape index (κ2) is 8.06. The van der Waals surface area contributed by atoms with Crippen LogP contribution in [0.3, 0.4) is 0 Å². The third kappa shape index (κ3) is 4.90. The average molecular weight is 417 g/mol. The number of sulfonamides is 1. The lowest BCUT2D eigenvalue weighted by Gasteiger charge is -2.31.